The van der Waals surface area contributed by atoms with E-state index in [0.29, 0.717) is 12.2 Å². The molecule has 1 aliphatic carbocycles. The fourth-order valence-electron chi connectivity index (χ4n) is 3.95. The summed E-state index contributed by atoms with van der Waals surface area (Å²) in [4.78, 5) is 13.9. The Balaban J connectivity index is 1.73. The fraction of sp³-hybridized carbons (Fsp3) is 0.208. The molecule has 0 aliphatic heterocycles. The average Bonchev–Trinajstić information content (AvgIpc) is 2.70. The van der Waals surface area contributed by atoms with Crippen LogP contribution in [0.2, 0.25) is 0 Å². The van der Waals surface area contributed by atoms with Crippen LogP contribution in [0.4, 0.5) is 0 Å². The number of benzene rings is 3. The molecule has 0 amide bonds. The maximum absolute atomic E-state index is 12.7. The van der Waals surface area contributed by atoms with Crippen molar-refractivity contribution in [3.05, 3.63) is 102 Å². The molecule has 3 aromatic rings. The highest BCUT2D eigenvalue weighted by Crippen LogP contribution is 2.55. The maximum atomic E-state index is 12.7. The van der Waals surface area contributed by atoms with Crippen LogP contribution >= 0.6 is 11.8 Å². The third-order valence-corrected chi connectivity index (χ3v) is 6.92. The molecule has 0 bridgehead atoms. The van der Waals surface area contributed by atoms with Gasteiger partial charge in [-0.05, 0) is 36.1 Å². The van der Waals surface area contributed by atoms with Crippen LogP contribution in [0.15, 0.2) is 95.9 Å². The van der Waals surface area contributed by atoms with Gasteiger partial charge in [0, 0.05) is 17.2 Å². The van der Waals surface area contributed by atoms with E-state index in [4.69, 9.17) is 0 Å². The van der Waals surface area contributed by atoms with Crippen molar-refractivity contribution < 1.29 is 4.79 Å². The Bertz CT molecular complexity index is 836. The fourth-order valence-corrected chi connectivity index (χ4v) is 5.30. The Morgan fingerprint density at radius 1 is 0.808 bits per heavy atom. The van der Waals surface area contributed by atoms with E-state index in [-0.39, 0.29) is 11.8 Å². The highest BCUT2D eigenvalue weighted by atomic mass is 32.2. The summed E-state index contributed by atoms with van der Waals surface area (Å²) in [6.45, 7) is 2.13. The van der Waals surface area contributed by atoms with Crippen molar-refractivity contribution in [3.63, 3.8) is 0 Å². The summed E-state index contributed by atoms with van der Waals surface area (Å²) in [5.41, 5.74) is 2.58. The van der Waals surface area contributed by atoms with E-state index in [0.717, 1.165) is 4.90 Å². The molecule has 2 atom stereocenters. The molecule has 1 aliphatic rings. The van der Waals surface area contributed by atoms with Gasteiger partial charge in [-0.2, -0.15) is 0 Å². The van der Waals surface area contributed by atoms with Crippen molar-refractivity contribution in [1.82, 2.24) is 0 Å². The lowest BCUT2D eigenvalue weighted by molar-refractivity contribution is -0.130. The van der Waals surface area contributed by atoms with Crippen molar-refractivity contribution in [2.75, 3.05) is 0 Å². The van der Waals surface area contributed by atoms with Crippen LogP contribution in [-0.2, 0) is 4.79 Å². The van der Waals surface area contributed by atoms with Crippen LogP contribution in [0.5, 0.6) is 0 Å². The molecule has 4 rings (SSSR count). The summed E-state index contributed by atoms with van der Waals surface area (Å²) in [6.07, 6.45) is 0.644. The first-order chi connectivity index (χ1) is 12.7. The Morgan fingerprint density at radius 3 is 1.73 bits per heavy atom. The molecule has 0 aromatic heterocycles. The number of rotatable bonds is 5. The van der Waals surface area contributed by atoms with Gasteiger partial charge >= 0.3 is 0 Å². The minimum Gasteiger partial charge on any atom is -0.298 e. The monoisotopic (exact) mass is 358 g/mol. The lowest BCUT2D eigenvalue weighted by Crippen LogP contribution is -2.54. The molecular weight excluding hydrogens is 336 g/mol. The topological polar surface area (TPSA) is 17.1 Å². The number of hydrogen-bond donors (Lipinski definition) is 0. The van der Waals surface area contributed by atoms with Gasteiger partial charge in [0.1, 0.15) is 5.78 Å². The zero-order valence-electron chi connectivity index (χ0n) is 14.8. The standard InChI is InChI=1S/C24H22OS/c1-24(26-20-15-9-4-10-16-20)21(17-22(24)25)23(18-11-5-2-6-12-18)19-13-7-3-8-14-19/h2-16,21,23H,17H2,1H3. The lowest BCUT2D eigenvalue weighted by Gasteiger charge is -2.49. The Morgan fingerprint density at radius 2 is 1.27 bits per heavy atom. The molecule has 0 saturated heterocycles. The smallest absolute Gasteiger partial charge is 0.149 e. The van der Waals surface area contributed by atoms with Gasteiger partial charge in [0.05, 0.1) is 4.75 Å². The summed E-state index contributed by atoms with van der Waals surface area (Å²) in [5.74, 6) is 0.870. The van der Waals surface area contributed by atoms with Gasteiger partial charge in [-0.25, -0.2) is 0 Å². The quantitative estimate of drug-likeness (QED) is 0.560. The van der Waals surface area contributed by atoms with Crippen LogP contribution in [0.1, 0.15) is 30.4 Å². The second kappa shape index (κ2) is 7.13. The first-order valence-corrected chi connectivity index (χ1v) is 9.87. The predicted octanol–water partition coefficient (Wildman–Crippen LogP) is 5.96. The van der Waals surface area contributed by atoms with E-state index in [1.807, 2.05) is 18.2 Å². The van der Waals surface area contributed by atoms with Gasteiger partial charge in [0.25, 0.3) is 0 Å². The Labute approximate surface area is 159 Å². The zero-order chi connectivity index (χ0) is 18.0. The summed E-state index contributed by atoms with van der Waals surface area (Å²) in [5, 5.41) is 0. The number of Topliss-reactive ketones (excluding diaryl/α,β-unsaturated/α-hetero) is 1. The van der Waals surface area contributed by atoms with E-state index in [1.165, 1.54) is 11.1 Å². The molecule has 1 nitrogen and oxygen atoms in total. The Kier molecular flexibility index (Phi) is 4.69. The van der Waals surface area contributed by atoms with Gasteiger partial charge in [0.15, 0.2) is 0 Å². The predicted molar refractivity (Wildman–Crippen MR) is 109 cm³/mol. The van der Waals surface area contributed by atoms with E-state index in [2.05, 4.69) is 79.7 Å². The van der Waals surface area contributed by atoms with Crippen LogP contribution < -0.4 is 0 Å². The number of ketones is 1. The molecule has 26 heavy (non-hydrogen) atoms. The number of hydrogen-bond acceptors (Lipinski definition) is 2. The van der Waals surface area contributed by atoms with Crippen molar-refractivity contribution in [2.24, 2.45) is 5.92 Å². The molecule has 0 N–H and O–H groups in total. The second-order valence-corrected chi connectivity index (χ2v) is 8.58. The SMILES string of the molecule is CC1(Sc2ccccc2)C(=O)CC1C(c1ccccc1)c1ccccc1. The molecule has 1 fully saturated rings. The number of carbonyl (C=O) groups excluding carboxylic acids is 1. The minimum atomic E-state index is -0.391. The molecule has 0 radical (unpaired) electrons. The summed E-state index contributed by atoms with van der Waals surface area (Å²) < 4.78 is -0.391. The van der Waals surface area contributed by atoms with Crippen LogP contribution in [0.25, 0.3) is 0 Å². The second-order valence-electron chi connectivity index (χ2n) is 7.05. The van der Waals surface area contributed by atoms with E-state index < -0.39 is 4.75 Å². The summed E-state index contributed by atoms with van der Waals surface area (Å²) >= 11 is 1.72. The van der Waals surface area contributed by atoms with Crippen LogP contribution in [-0.4, -0.2) is 10.5 Å². The normalized spacial score (nSPS) is 22.2. The van der Waals surface area contributed by atoms with Crippen molar-refractivity contribution in [3.8, 4) is 0 Å². The molecule has 2 heteroatoms. The molecule has 1 saturated carbocycles. The third-order valence-electron chi connectivity index (χ3n) is 5.46. The highest BCUT2D eigenvalue weighted by Gasteiger charge is 2.55. The zero-order valence-corrected chi connectivity index (χ0v) is 15.7. The summed E-state index contributed by atoms with van der Waals surface area (Å²) in [7, 11) is 0. The molecular formula is C24H22OS. The molecule has 2 unspecified atom stereocenters. The first-order valence-electron chi connectivity index (χ1n) is 9.06. The van der Waals surface area contributed by atoms with Gasteiger partial charge < -0.3 is 0 Å². The third kappa shape index (κ3) is 3.10. The van der Waals surface area contributed by atoms with E-state index in [9.17, 15) is 4.79 Å². The average molecular weight is 359 g/mol. The van der Waals surface area contributed by atoms with Crippen LogP contribution in [0.3, 0.4) is 0 Å². The van der Waals surface area contributed by atoms with Gasteiger partial charge in [0.2, 0.25) is 0 Å². The maximum Gasteiger partial charge on any atom is 0.149 e. The van der Waals surface area contributed by atoms with Crippen molar-refractivity contribution in [1.29, 1.82) is 0 Å². The molecule has 130 valence electrons. The van der Waals surface area contributed by atoms with Crippen LogP contribution in [0, 0.1) is 5.92 Å². The van der Waals surface area contributed by atoms with E-state index in [1.54, 1.807) is 11.8 Å². The van der Waals surface area contributed by atoms with E-state index >= 15 is 0 Å². The molecule has 3 aromatic carbocycles. The van der Waals surface area contributed by atoms with Crippen molar-refractivity contribution >= 4 is 17.5 Å². The number of carbonyl (C=O) groups is 1. The summed E-state index contributed by atoms with van der Waals surface area (Å²) in [6, 6.07) is 31.5. The van der Waals surface area contributed by atoms with Gasteiger partial charge in [-0.1, -0.05) is 78.9 Å². The van der Waals surface area contributed by atoms with Crippen molar-refractivity contribution in [2.45, 2.75) is 28.9 Å². The largest absolute Gasteiger partial charge is 0.298 e. The number of thioether (sulfide) groups is 1. The first kappa shape index (κ1) is 17.1. The minimum absolute atomic E-state index is 0.233. The highest BCUT2D eigenvalue weighted by molar-refractivity contribution is 8.01. The molecule has 0 heterocycles. The van der Waals surface area contributed by atoms with Gasteiger partial charge in [-0.3, -0.25) is 4.79 Å². The van der Waals surface area contributed by atoms with Gasteiger partial charge in [-0.15, -0.1) is 11.8 Å². The molecule has 0 spiro atoms. The Hall–Kier alpha value is -2.32. The lowest BCUT2D eigenvalue weighted by atomic mass is 9.62.